The highest BCUT2D eigenvalue weighted by Crippen LogP contribution is 2.34. The van der Waals surface area contributed by atoms with Crippen LogP contribution in [0.25, 0.3) is 0 Å². The molecule has 0 spiro atoms. The number of halogens is 3. The number of hydrogen-bond acceptors (Lipinski definition) is 4. The monoisotopic (exact) mass is 373 g/mol. The van der Waals surface area contributed by atoms with Gasteiger partial charge in [-0.15, -0.1) is 0 Å². The summed E-state index contributed by atoms with van der Waals surface area (Å²) in [6.45, 7) is 6.78. The van der Waals surface area contributed by atoms with E-state index in [4.69, 9.17) is 10.5 Å². The lowest BCUT2D eigenvalue weighted by atomic mass is 10.0. The maximum Gasteiger partial charge on any atom is 0.416 e. The third-order valence-corrected chi connectivity index (χ3v) is 4.14. The Morgan fingerprint density at radius 3 is 2.42 bits per heavy atom. The number of alkyl halides is 3. The van der Waals surface area contributed by atoms with Gasteiger partial charge in [0.05, 0.1) is 5.56 Å². The number of benzene rings is 1. The molecule has 146 valence electrons. The van der Waals surface area contributed by atoms with E-state index in [1.165, 1.54) is 12.1 Å². The van der Waals surface area contributed by atoms with Crippen molar-refractivity contribution in [1.82, 2.24) is 10.2 Å². The number of rotatable bonds is 3. The molecule has 1 aromatic rings. The predicted molar refractivity (Wildman–Crippen MR) is 93.5 cm³/mol. The van der Waals surface area contributed by atoms with Crippen LogP contribution < -0.4 is 11.1 Å². The summed E-state index contributed by atoms with van der Waals surface area (Å²) in [6.07, 6.45) is -3.57. The van der Waals surface area contributed by atoms with Crippen LogP contribution in [0.1, 0.15) is 44.7 Å². The number of piperidine rings is 1. The molecule has 1 heterocycles. The maximum absolute atomic E-state index is 13.2. The van der Waals surface area contributed by atoms with Crippen molar-refractivity contribution >= 4 is 11.8 Å². The van der Waals surface area contributed by atoms with Gasteiger partial charge in [-0.2, -0.15) is 13.2 Å². The third kappa shape index (κ3) is 6.09. The van der Waals surface area contributed by atoms with Crippen LogP contribution in [-0.4, -0.2) is 35.7 Å². The molecular formula is C18H26F3N3O2. The molecule has 5 nitrogen and oxygen atoms in total. The van der Waals surface area contributed by atoms with Crippen molar-refractivity contribution in [3.63, 3.8) is 0 Å². The molecule has 1 aliphatic rings. The number of hydrogen-bond donors (Lipinski definition) is 2. The lowest BCUT2D eigenvalue weighted by Crippen LogP contribution is -2.46. The highest BCUT2D eigenvalue weighted by atomic mass is 19.4. The summed E-state index contributed by atoms with van der Waals surface area (Å²) in [5.74, 6) is 0. The Kier molecular flexibility index (Phi) is 6.05. The lowest BCUT2D eigenvalue weighted by Gasteiger charge is -2.33. The van der Waals surface area contributed by atoms with Gasteiger partial charge in [-0.3, -0.25) is 4.90 Å². The zero-order valence-corrected chi connectivity index (χ0v) is 15.3. The van der Waals surface area contributed by atoms with E-state index < -0.39 is 23.4 Å². The molecular weight excluding hydrogens is 347 g/mol. The summed E-state index contributed by atoms with van der Waals surface area (Å²) < 4.78 is 44.8. The Morgan fingerprint density at radius 2 is 1.88 bits per heavy atom. The van der Waals surface area contributed by atoms with Gasteiger partial charge in [-0.05, 0) is 51.3 Å². The molecule has 0 radical (unpaired) electrons. The normalized spacial score (nSPS) is 17.2. The summed E-state index contributed by atoms with van der Waals surface area (Å²) in [5, 5.41) is 2.82. The third-order valence-electron chi connectivity index (χ3n) is 4.14. The molecule has 0 aliphatic carbocycles. The van der Waals surface area contributed by atoms with E-state index in [1.54, 1.807) is 20.8 Å². The fourth-order valence-corrected chi connectivity index (χ4v) is 2.95. The Morgan fingerprint density at radius 1 is 1.27 bits per heavy atom. The van der Waals surface area contributed by atoms with Crippen LogP contribution in [0.15, 0.2) is 18.2 Å². The number of carbonyl (C=O) groups excluding carboxylic acids is 1. The second-order valence-electron chi connectivity index (χ2n) is 7.61. The first kappa shape index (κ1) is 20.4. The summed E-state index contributed by atoms with van der Waals surface area (Å²) >= 11 is 0. The molecule has 0 atom stereocenters. The van der Waals surface area contributed by atoms with E-state index in [9.17, 15) is 18.0 Å². The van der Waals surface area contributed by atoms with E-state index in [2.05, 4.69) is 5.32 Å². The van der Waals surface area contributed by atoms with Gasteiger partial charge >= 0.3 is 12.3 Å². The lowest BCUT2D eigenvalue weighted by molar-refractivity contribution is -0.138. The number of alkyl carbamates (subject to hydrolysis) is 1. The number of nitrogens with two attached hydrogens (primary N) is 1. The highest BCUT2D eigenvalue weighted by Gasteiger charge is 2.34. The molecule has 1 amide bonds. The SMILES string of the molecule is CC(C)(C)OC(=O)NC1CCN(Cc2ccc(N)cc2C(F)(F)F)CC1. The average molecular weight is 373 g/mol. The zero-order valence-electron chi connectivity index (χ0n) is 15.3. The molecule has 1 aromatic carbocycles. The largest absolute Gasteiger partial charge is 0.444 e. The van der Waals surface area contributed by atoms with E-state index in [0.717, 1.165) is 6.07 Å². The van der Waals surface area contributed by atoms with Crippen molar-refractivity contribution in [2.45, 2.75) is 58.0 Å². The van der Waals surface area contributed by atoms with Gasteiger partial charge in [-0.25, -0.2) is 4.79 Å². The maximum atomic E-state index is 13.2. The summed E-state index contributed by atoms with van der Waals surface area (Å²) in [5.41, 5.74) is 4.56. The molecule has 0 aromatic heterocycles. The van der Waals surface area contributed by atoms with Gasteiger partial charge in [0.1, 0.15) is 5.60 Å². The second-order valence-corrected chi connectivity index (χ2v) is 7.61. The van der Waals surface area contributed by atoms with Crippen molar-refractivity contribution in [2.75, 3.05) is 18.8 Å². The van der Waals surface area contributed by atoms with Gasteiger partial charge in [0.25, 0.3) is 0 Å². The van der Waals surface area contributed by atoms with Gasteiger partial charge in [0, 0.05) is 31.4 Å². The standard InChI is InChI=1S/C18H26F3N3O2/c1-17(2,3)26-16(25)23-14-6-8-24(9-7-14)11-12-4-5-13(22)10-15(12)18(19,20)21/h4-5,10,14H,6-9,11,22H2,1-3H3,(H,23,25). The van der Waals surface area contributed by atoms with Crippen molar-refractivity contribution in [2.24, 2.45) is 0 Å². The summed E-state index contributed by atoms with van der Waals surface area (Å²) in [4.78, 5) is 13.8. The van der Waals surface area contributed by atoms with Gasteiger partial charge in [0.2, 0.25) is 0 Å². The van der Waals surface area contributed by atoms with E-state index in [-0.39, 0.29) is 23.8 Å². The Hall–Kier alpha value is -1.96. The van der Waals surface area contributed by atoms with Gasteiger partial charge in [0.15, 0.2) is 0 Å². The minimum absolute atomic E-state index is 0.0328. The van der Waals surface area contributed by atoms with Crippen LogP contribution in [0.4, 0.5) is 23.7 Å². The van der Waals surface area contributed by atoms with E-state index >= 15 is 0 Å². The van der Waals surface area contributed by atoms with Crippen LogP contribution in [0, 0.1) is 0 Å². The van der Waals surface area contributed by atoms with Crippen molar-refractivity contribution in [1.29, 1.82) is 0 Å². The molecule has 8 heteroatoms. The number of ether oxygens (including phenoxy) is 1. The molecule has 0 bridgehead atoms. The minimum Gasteiger partial charge on any atom is -0.444 e. The van der Waals surface area contributed by atoms with Crippen LogP contribution in [-0.2, 0) is 17.5 Å². The topological polar surface area (TPSA) is 67.6 Å². The molecule has 3 N–H and O–H groups in total. The van der Waals surface area contributed by atoms with Gasteiger partial charge in [-0.1, -0.05) is 6.07 Å². The molecule has 0 saturated carbocycles. The van der Waals surface area contributed by atoms with E-state index in [0.29, 0.717) is 25.9 Å². The van der Waals surface area contributed by atoms with Crippen LogP contribution in [0.2, 0.25) is 0 Å². The molecule has 0 unspecified atom stereocenters. The number of anilines is 1. The fourth-order valence-electron chi connectivity index (χ4n) is 2.95. The summed E-state index contributed by atoms with van der Waals surface area (Å²) in [6, 6.07) is 3.87. The van der Waals surface area contributed by atoms with Crippen molar-refractivity contribution < 1.29 is 22.7 Å². The molecule has 1 aliphatic heterocycles. The number of nitrogens with one attached hydrogen (secondary N) is 1. The van der Waals surface area contributed by atoms with E-state index in [1.807, 2.05) is 4.90 Å². The molecule has 1 saturated heterocycles. The smallest absolute Gasteiger partial charge is 0.416 e. The number of carbonyl (C=O) groups is 1. The zero-order chi connectivity index (χ0) is 19.5. The Labute approximate surface area is 151 Å². The van der Waals surface area contributed by atoms with Crippen molar-refractivity contribution in [3.8, 4) is 0 Å². The Bertz CT molecular complexity index is 634. The quantitative estimate of drug-likeness (QED) is 0.792. The molecule has 1 fully saturated rings. The Balaban J connectivity index is 1.91. The highest BCUT2D eigenvalue weighted by molar-refractivity contribution is 5.68. The first-order valence-corrected chi connectivity index (χ1v) is 8.61. The number of nitrogen functional groups attached to an aromatic ring is 1. The number of amides is 1. The second kappa shape index (κ2) is 7.73. The summed E-state index contributed by atoms with van der Waals surface area (Å²) in [7, 11) is 0. The van der Waals surface area contributed by atoms with Crippen molar-refractivity contribution in [3.05, 3.63) is 29.3 Å². The predicted octanol–water partition coefficient (Wildman–Crippen LogP) is 3.78. The molecule has 26 heavy (non-hydrogen) atoms. The van der Waals surface area contributed by atoms with Crippen LogP contribution in [0.3, 0.4) is 0 Å². The number of nitrogens with zero attached hydrogens (tertiary/aromatic N) is 1. The fraction of sp³-hybridized carbons (Fsp3) is 0.611. The minimum atomic E-state index is -4.43. The average Bonchev–Trinajstić information content (AvgIpc) is 2.48. The van der Waals surface area contributed by atoms with Crippen LogP contribution >= 0.6 is 0 Å². The first-order valence-electron chi connectivity index (χ1n) is 8.61. The van der Waals surface area contributed by atoms with Crippen LogP contribution in [0.5, 0.6) is 0 Å². The number of likely N-dealkylation sites (tertiary alicyclic amines) is 1. The van der Waals surface area contributed by atoms with Gasteiger partial charge < -0.3 is 15.8 Å². The molecule has 2 rings (SSSR count). The first-order chi connectivity index (χ1) is 11.9.